The Morgan fingerprint density at radius 1 is 1.29 bits per heavy atom. The van der Waals surface area contributed by atoms with Crippen LogP contribution < -0.4 is 5.73 Å². The highest BCUT2D eigenvalue weighted by molar-refractivity contribution is 5.67. The predicted octanol–water partition coefficient (Wildman–Crippen LogP) is 3.02. The van der Waals surface area contributed by atoms with Gasteiger partial charge in [0.1, 0.15) is 0 Å². The molecule has 0 radical (unpaired) electrons. The third kappa shape index (κ3) is 3.22. The van der Waals surface area contributed by atoms with Gasteiger partial charge in [-0.1, -0.05) is 12.1 Å². The zero-order valence-electron chi connectivity index (χ0n) is 9.93. The number of carboxylic acids is 1. The first-order chi connectivity index (χ1) is 8.15. The first kappa shape index (κ1) is 12.0. The minimum Gasteiger partial charge on any atom is -0.481 e. The summed E-state index contributed by atoms with van der Waals surface area (Å²) < 4.78 is 0. The summed E-state index contributed by atoms with van der Waals surface area (Å²) in [5.41, 5.74) is 7.90. The van der Waals surface area contributed by atoms with E-state index in [9.17, 15) is 4.79 Å². The van der Waals surface area contributed by atoms with Crippen molar-refractivity contribution in [1.82, 2.24) is 0 Å². The highest BCUT2D eigenvalue weighted by Gasteiger charge is 2.23. The molecule has 1 aromatic carbocycles. The second kappa shape index (κ2) is 5.21. The summed E-state index contributed by atoms with van der Waals surface area (Å²) in [4.78, 5) is 10.6. The Bertz CT molecular complexity index is 395. The molecule has 1 saturated carbocycles. The highest BCUT2D eigenvalue weighted by atomic mass is 16.4. The first-order valence-corrected chi connectivity index (χ1v) is 6.22. The van der Waals surface area contributed by atoms with Crippen LogP contribution in [0.3, 0.4) is 0 Å². The number of anilines is 1. The molecule has 1 aliphatic rings. The SMILES string of the molecule is Nc1cccc(C2CCC(CC(=O)O)CC2)c1. The molecule has 0 amide bonds. The maximum atomic E-state index is 10.6. The van der Waals surface area contributed by atoms with Gasteiger partial charge in [0.25, 0.3) is 0 Å². The Labute approximate surface area is 102 Å². The monoisotopic (exact) mass is 233 g/mol. The van der Waals surface area contributed by atoms with Gasteiger partial charge < -0.3 is 10.8 Å². The standard InChI is InChI=1S/C14H19NO2/c15-13-3-1-2-12(9-13)11-6-4-10(5-7-11)8-14(16)17/h1-3,9-11H,4-8,15H2,(H,16,17). The number of carboxylic acid groups (broad SMARTS) is 1. The fourth-order valence-corrected chi connectivity index (χ4v) is 2.76. The van der Waals surface area contributed by atoms with Crippen molar-refractivity contribution in [2.24, 2.45) is 5.92 Å². The number of nitrogens with two attached hydrogens (primary N) is 1. The van der Waals surface area contributed by atoms with Crippen LogP contribution in [0.2, 0.25) is 0 Å². The molecule has 1 aromatic rings. The van der Waals surface area contributed by atoms with E-state index in [0.717, 1.165) is 31.4 Å². The molecule has 0 atom stereocenters. The van der Waals surface area contributed by atoms with Crippen molar-refractivity contribution in [2.75, 3.05) is 5.73 Å². The molecule has 1 aliphatic carbocycles. The van der Waals surface area contributed by atoms with Crippen molar-refractivity contribution in [2.45, 2.75) is 38.0 Å². The molecule has 3 heteroatoms. The summed E-state index contributed by atoms with van der Waals surface area (Å²) in [6, 6.07) is 8.06. The van der Waals surface area contributed by atoms with Crippen LogP contribution in [0.5, 0.6) is 0 Å². The molecule has 3 N–H and O–H groups in total. The number of hydrogen-bond donors (Lipinski definition) is 2. The van der Waals surface area contributed by atoms with Gasteiger partial charge in [0.05, 0.1) is 0 Å². The lowest BCUT2D eigenvalue weighted by molar-refractivity contribution is -0.138. The highest BCUT2D eigenvalue weighted by Crippen LogP contribution is 2.37. The Balaban J connectivity index is 1.93. The van der Waals surface area contributed by atoms with Gasteiger partial charge in [0.2, 0.25) is 0 Å². The molecule has 0 aliphatic heterocycles. The quantitative estimate of drug-likeness (QED) is 0.789. The summed E-state index contributed by atoms with van der Waals surface area (Å²) in [6.07, 6.45) is 4.53. The molecule has 0 heterocycles. The number of aliphatic carboxylic acids is 1. The molecule has 0 spiro atoms. The van der Waals surface area contributed by atoms with Gasteiger partial charge in [0.15, 0.2) is 0 Å². The average Bonchev–Trinajstić information content (AvgIpc) is 2.29. The molecule has 3 nitrogen and oxygen atoms in total. The Hall–Kier alpha value is -1.51. The van der Waals surface area contributed by atoms with Gasteiger partial charge >= 0.3 is 5.97 Å². The minimum atomic E-state index is -0.669. The number of nitrogen functional groups attached to an aromatic ring is 1. The van der Waals surface area contributed by atoms with Crippen LogP contribution >= 0.6 is 0 Å². The lowest BCUT2D eigenvalue weighted by Crippen LogP contribution is -2.16. The Kier molecular flexibility index (Phi) is 3.67. The molecule has 0 unspecified atom stereocenters. The molecule has 92 valence electrons. The summed E-state index contributed by atoms with van der Waals surface area (Å²) in [5, 5.41) is 8.77. The number of rotatable bonds is 3. The van der Waals surface area contributed by atoms with Crippen molar-refractivity contribution in [3.8, 4) is 0 Å². The van der Waals surface area contributed by atoms with E-state index < -0.39 is 5.97 Å². The van der Waals surface area contributed by atoms with Crippen molar-refractivity contribution < 1.29 is 9.90 Å². The second-order valence-corrected chi connectivity index (χ2v) is 4.99. The van der Waals surface area contributed by atoms with E-state index in [2.05, 4.69) is 6.07 Å². The first-order valence-electron chi connectivity index (χ1n) is 6.22. The topological polar surface area (TPSA) is 63.3 Å². The van der Waals surface area contributed by atoms with Crippen LogP contribution in [0, 0.1) is 5.92 Å². The van der Waals surface area contributed by atoms with Gasteiger partial charge in [-0.2, -0.15) is 0 Å². The van der Waals surface area contributed by atoms with Gasteiger partial charge in [-0.15, -0.1) is 0 Å². The van der Waals surface area contributed by atoms with Crippen LogP contribution in [0.25, 0.3) is 0 Å². The fourth-order valence-electron chi connectivity index (χ4n) is 2.76. The van der Waals surface area contributed by atoms with Gasteiger partial charge in [-0.25, -0.2) is 0 Å². The minimum absolute atomic E-state index is 0.323. The zero-order chi connectivity index (χ0) is 12.3. The van der Waals surface area contributed by atoms with Crippen LogP contribution in [0.1, 0.15) is 43.6 Å². The van der Waals surface area contributed by atoms with E-state index in [-0.39, 0.29) is 0 Å². The maximum Gasteiger partial charge on any atom is 0.303 e. The molecule has 1 fully saturated rings. The molecule has 0 saturated heterocycles. The molecular formula is C14H19NO2. The zero-order valence-corrected chi connectivity index (χ0v) is 9.93. The van der Waals surface area contributed by atoms with Crippen molar-refractivity contribution >= 4 is 11.7 Å². The van der Waals surface area contributed by atoms with E-state index in [0.29, 0.717) is 18.3 Å². The van der Waals surface area contributed by atoms with E-state index in [4.69, 9.17) is 10.8 Å². The molecule has 0 bridgehead atoms. The average molecular weight is 233 g/mol. The van der Waals surface area contributed by atoms with Crippen molar-refractivity contribution in [3.05, 3.63) is 29.8 Å². The van der Waals surface area contributed by atoms with Crippen LogP contribution in [0.4, 0.5) is 5.69 Å². The molecule has 2 rings (SSSR count). The second-order valence-electron chi connectivity index (χ2n) is 4.99. The normalized spacial score (nSPS) is 24.5. The summed E-state index contributed by atoms with van der Waals surface area (Å²) in [5.74, 6) is 0.255. The summed E-state index contributed by atoms with van der Waals surface area (Å²) >= 11 is 0. The molecule has 17 heavy (non-hydrogen) atoms. The molecular weight excluding hydrogens is 214 g/mol. The number of carbonyl (C=O) groups is 1. The van der Waals surface area contributed by atoms with E-state index in [1.54, 1.807) is 0 Å². The van der Waals surface area contributed by atoms with Crippen LogP contribution in [-0.2, 0) is 4.79 Å². The lowest BCUT2D eigenvalue weighted by Gasteiger charge is -2.28. The van der Waals surface area contributed by atoms with Crippen molar-refractivity contribution in [1.29, 1.82) is 0 Å². The third-order valence-corrected chi connectivity index (χ3v) is 3.69. The van der Waals surface area contributed by atoms with Crippen LogP contribution in [-0.4, -0.2) is 11.1 Å². The molecule has 0 aromatic heterocycles. The van der Waals surface area contributed by atoms with E-state index in [1.165, 1.54) is 5.56 Å². The smallest absolute Gasteiger partial charge is 0.303 e. The number of hydrogen-bond acceptors (Lipinski definition) is 2. The van der Waals surface area contributed by atoms with E-state index in [1.807, 2.05) is 18.2 Å². The Morgan fingerprint density at radius 3 is 2.59 bits per heavy atom. The Morgan fingerprint density at radius 2 is 2.00 bits per heavy atom. The third-order valence-electron chi connectivity index (χ3n) is 3.69. The largest absolute Gasteiger partial charge is 0.481 e. The lowest BCUT2D eigenvalue weighted by atomic mass is 9.77. The summed E-state index contributed by atoms with van der Waals surface area (Å²) in [6.45, 7) is 0. The van der Waals surface area contributed by atoms with Gasteiger partial charge in [0, 0.05) is 12.1 Å². The summed E-state index contributed by atoms with van der Waals surface area (Å²) in [7, 11) is 0. The fraction of sp³-hybridized carbons (Fsp3) is 0.500. The maximum absolute atomic E-state index is 10.6. The van der Waals surface area contributed by atoms with E-state index >= 15 is 0 Å². The van der Waals surface area contributed by atoms with Crippen molar-refractivity contribution in [3.63, 3.8) is 0 Å². The number of benzene rings is 1. The van der Waals surface area contributed by atoms with Crippen LogP contribution in [0.15, 0.2) is 24.3 Å². The van der Waals surface area contributed by atoms with Gasteiger partial charge in [-0.3, -0.25) is 4.79 Å². The predicted molar refractivity (Wildman–Crippen MR) is 67.8 cm³/mol. The van der Waals surface area contributed by atoms with Gasteiger partial charge in [-0.05, 0) is 55.2 Å².